The normalized spacial score (nSPS) is 10.7. The zero-order valence-corrected chi connectivity index (χ0v) is 11.9. The molecule has 16 heavy (non-hydrogen) atoms. The van der Waals surface area contributed by atoms with Crippen molar-refractivity contribution in [3.8, 4) is 10.4 Å². The predicted molar refractivity (Wildman–Crippen MR) is 75.2 cm³/mol. The fraction of sp³-hybridized carbons (Fsp3) is 0.167. The molecule has 0 bridgehead atoms. The van der Waals surface area contributed by atoms with Crippen molar-refractivity contribution in [2.24, 2.45) is 0 Å². The summed E-state index contributed by atoms with van der Waals surface area (Å²) >= 11 is 11.5. The van der Waals surface area contributed by atoms with Gasteiger partial charge in [0, 0.05) is 20.9 Å². The van der Waals surface area contributed by atoms with E-state index in [1.807, 2.05) is 13.1 Å². The Labute approximate surface area is 113 Å². The van der Waals surface area contributed by atoms with Gasteiger partial charge in [-0.05, 0) is 51.6 Å². The summed E-state index contributed by atoms with van der Waals surface area (Å²) in [7, 11) is 1.92. The summed E-state index contributed by atoms with van der Waals surface area (Å²) in [6.45, 7) is 0.796. The summed E-state index contributed by atoms with van der Waals surface area (Å²) in [6.07, 6.45) is 0. The molecule has 0 fully saturated rings. The van der Waals surface area contributed by atoms with Gasteiger partial charge in [-0.2, -0.15) is 0 Å². The van der Waals surface area contributed by atoms with Crippen molar-refractivity contribution < 1.29 is 0 Å². The van der Waals surface area contributed by atoms with Crippen LogP contribution in [-0.4, -0.2) is 7.05 Å². The lowest BCUT2D eigenvalue weighted by Crippen LogP contribution is -2.05. The molecule has 1 aromatic carbocycles. The molecule has 2 aromatic rings. The zero-order chi connectivity index (χ0) is 11.5. The molecule has 1 nitrogen and oxygen atoms in total. The molecule has 0 saturated carbocycles. The Morgan fingerprint density at radius 2 is 2.19 bits per heavy atom. The molecule has 1 aromatic heterocycles. The molecule has 0 aliphatic heterocycles. The Morgan fingerprint density at radius 1 is 1.38 bits per heavy atom. The number of nitrogens with one attached hydrogen (secondary N) is 1. The average Bonchev–Trinajstić information content (AvgIpc) is 2.68. The Hall–Kier alpha value is -0.350. The molecule has 0 amide bonds. The van der Waals surface area contributed by atoms with E-state index >= 15 is 0 Å². The van der Waals surface area contributed by atoms with Crippen LogP contribution in [0.1, 0.15) is 5.56 Å². The van der Waals surface area contributed by atoms with Gasteiger partial charge in [-0.25, -0.2) is 0 Å². The lowest BCUT2D eigenvalue weighted by Gasteiger charge is -2.06. The van der Waals surface area contributed by atoms with Crippen LogP contribution in [-0.2, 0) is 6.54 Å². The highest BCUT2D eigenvalue weighted by atomic mass is 79.9. The largest absolute Gasteiger partial charge is 0.316 e. The second kappa shape index (κ2) is 5.32. The summed E-state index contributed by atoms with van der Waals surface area (Å²) in [5, 5.41) is 5.98. The van der Waals surface area contributed by atoms with Crippen molar-refractivity contribution >= 4 is 38.9 Å². The van der Waals surface area contributed by atoms with Crippen LogP contribution in [0.3, 0.4) is 0 Å². The van der Waals surface area contributed by atoms with E-state index in [9.17, 15) is 0 Å². The molecule has 0 aliphatic carbocycles. The van der Waals surface area contributed by atoms with Crippen molar-refractivity contribution in [1.82, 2.24) is 5.32 Å². The number of thiophene rings is 1. The van der Waals surface area contributed by atoms with Gasteiger partial charge in [0.05, 0.1) is 0 Å². The summed E-state index contributed by atoms with van der Waals surface area (Å²) in [4.78, 5) is 1.22. The standard InChI is InChI=1S/C12H11BrClNS/c1-15-7-9-3-2-8(6-11(9)14)12-10(13)4-5-16-12/h2-6,15H,7H2,1H3. The van der Waals surface area contributed by atoms with E-state index in [4.69, 9.17) is 11.6 Å². The lowest BCUT2D eigenvalue weighted by molar-refractivity contribution is 0.818. The molecular formula is C12H11BrClNS. The van der Waals surface area contributed by atoms with Crippen molar-refractivity contribution in [1.29, 1.82) is 0 Å². The van der Waals surface area contributed by atoms with E-state index in [1.54, 1.807) is 11.3 Å². The fourth-order valence-corrected chi connectivity index (χ4v) is 3.37. The van der Waals surface area contributed by atoms with Gasteiger partial charge in [-0.3, -0.25) is 0 Å². The van der Waals surface area contributed by atoms with Gasteiger partial charge < -0.3 is 5.32 Å². The molecular weight excluding hydrogens is 306 g/mol. The summed E-state index contributed by atoms with van der Waals surface area (Å²) < 4.78 is 1.12. The molecule has 1 heterocycles. The minimum Gasteiger partial charge on any atom is -0.316 e. The third-order valence-corrected chi connectivity index (χ3v) is 4.54. The molecule has 0 spiro atoms. The monoisotopic (exact) mass is 315 g/mol. The molecule has 4 heteroatoms. The lowest BCUT2D eigenvalue weighted by atomic mass is 10.1. The Kier molecular flexibility index (Phi) is 4.03. The van der Waals surface area contributed by atoms with Crippen LogP contribution in [0, 0.1) is 0 Å². The van der Waals surface area contributed by atoms with Crippen molar-refractivity contribution in [2.45, 2.75) is 6.54 Å². The number of halogens is 2. The topological polar surface area (TPSA) is 12.0 Å². The SMILES string of the molecule is CNCc1ccc(-c2sccc2Br)cc1Cl. The summed E-state index contributed by atoms with van der Waals surface area (Å²) in [5.41, 5.74) is 2.28. The van der Waals surface area contributed by atoms with Gasteiger partial charge in [0.15, 0.2) is 0 Å². The van der Waals surface area contributed by atoms with E-state index in [2.05, 4.69) is 44.8 Å². The van der Waals surface area contributed by atoms with Crippen LogP contribution in [0.4, 0.5) is 0 Å². The maximum absolute atomic E-state index is 6.23. The first kappa shape index (κ1) is 12.1. The van der Waals surface area contributed by atoms with Crippen LogP contribution in [0.25, 0.3) is 10.4 Å². The summed E-state index contributed by atoms with van der Waals surface area (Å²) in [6, 6.07) is 8.25. The number of hydrogen-bond acceptors (Lipinski definition) is 2. The number of hydrogen-bond donors (Lipinski definition) is 1. The van der Waals surface area contributed by atoms with Crippen LogP contribution in [0.2, 0.25) is 5.02 Å². The third kappa shape index (κ3) is 2.48. The van der Waals surface area contributed by atoms with Crippen molar-refractivity contribution in [2.75, 3.05) is 7.05 Å². The Morgan fingerprint density at radius 3 is 2.75 bits per heavy atom. The Balaban J connectivity index is 2.38. The van der Waals surface area contributed by atoms with Gasteiger partial charge in [0.1, 0.15) is 0 Å². The van der Waals surface area contributed by atoms with Gasteiger partial charge >= 0.3 is 0 Å². The molecule has 0 unspecified atom stereocenters. The fourth-order valence-electron chi connectivity index (χ4n) is 1.52. The molecule has 84 valence electrons. The quantitative estimate of drug-likeness (QED) is 0.876. The molecule has 0 saturated heterocycles. The third-order valence-electron chi connectivity index (χ3n) is 2.30. The van der Waals surface area contributed by atoms with E-state index in [0.717, 1.165) is 27.2 Å². The number of benzene rings is 1. The maximum atomic E-state index is 6.23. The van der Waals surface area contributed by atoms with Gasteiger partial charge in [-0.15, -0.1) is 11.3 Å². The number of rotatable bonds is 3. The highest BCUT2D eigenvalue weighted by molar-refractivity contribution is 9.10. The van der Waals surface area contributed by atoms with Crippen LogP contribution < -0.4 is 5.32 Å². The molecule has 1 N–H and O–H groups in total. The van der Waals surface area contributed by atoms with Crippen molar-refractivity contribution in [3.05, 3.63) is 44.7 Å². The zero-order valence-electron chi connectivity index (χ0n) is 8.76. The van der Waals surface area contributed by atoms with Gasteiger partial charge in [0.2, 0.25) is 0 Å². The first-order valence-corrected chi connectivity index (χ1v) is 6.94. The summed E-state index contributed by atoms with van der Waals surface area (Å²) in [5.74, 6) is 0. The smallest absolute Gasteiger partial charge is 0.0485 e. The first-order chi connectivity index (χ1) is 7.72. The van der Waals surface area contributed by atoms with Crippen LogP contribution >= 0.6 is 38.9 Å². The van der Waals surface area contributed by atoms with Crippen LogP contribution in [0.5, 0.6) is 0 Å². The van der Waals surface area contributed by atoms with E-state index in [0.29, 0.717) is 0 Å². The van der Waals surface area contributed by atoms with Gasteiger partial charge in [-0.1, -0.05) is 23.7 Å². The molecule has 0 atom stereocenters. The average molecular weight is 317 g/mol. The first-order valence-electron chi connectivity index (χ1n) is 4.88. The van der Waals surface area contributed by atoms with Gasteiger partial charge in [0.25, 0.3) is 0 Å². The molecule has 2 rings (SSSR count). The second-order valence-electron chi connectivity index (χ2n) is 3.43. The van der Waals surface area contributed by atoms with Crippen LogP contribution in [0.15, 0.2) is 34.1 Å². The molecule has 0 radical (unpaired) electrons. The minimum atomic E-state index is 0.796. The Bertz CT molecular complexity index is 496. The van der Waals surface area contributed by atoms with E-state index in [1.165, 1.54) is 4.88 Å². The highest BCUT2D eigenvalue weighted by Gasteiger charge is 2.07. The molecule has 0 aliphatic rings. The highest BCUT2D eigenvalue weighted by Crippen LogP contribution is 2.35. The van der Waals surface area contributed by atoms with E-state index in [-0.39, 0.29) is 0 Å². The predicted octanol–water partition coefficient (Wildman–Crippen LogP) is 4.55. The minimum absolute atomic E-state index is 0.796. The maximum Gasteiger partial charge on any atom is 0.0485 e. The van der Waals surface area contributed by atoms with Crippen molar-refractivity contribution in [3.63, 3.8) is 0 Å². The van der Waals surface area contributed by atoms with E-state index < -0.39 is 0 Å². The second-order valence-corrected chi connectivity index (χ2v) is 5.61.